The van der Waals surface area contributed by atoms with Crippen LogP contribution in [-0.4, -0.2) is 25.2 Å². The topological polar surface area (TPSA) is 73.6 Å². The van der Waals surface area contributed by atoms with Crippen LogP contribution in [0.3, 0.4) is 0 Å². The highest BCUT2D eigenvalue weighted by molar-refractivity contribution is 5.90. The normalized spacial score (nSPS) is 19.0. The maximum absolute atomic E-state index is 11.1. The first kappa shape index (κ1) is 11.7. The van der Waals surface area contributed by atoms with Crippen molar-refractivity contribution in [3.63, 3.8) is 0 Å². The van der Waals surface area contributed by atoms with Gasteiger partial charge in [-0.3, -0.25) is 4.79 Å². The third-order valence-corrected chi connectivity index (χ3v) is 2.50. The van der Waals surface area contributed by atoms with Gasteiger partial charge in [0.2, 0.25) is 5.91 Å². The highest BCUT2D eigenvalue weighted by Gasteiger charge is 2.19. The second-order valence-electron chi connectivity index (χ2n) is 4.04. The van der Waals surface area contributed by atoms with Crippen LogP contribution in [0.2, 0.25) is 0 Å². The number of hydrogen-bond acceptors (Lipinski definition) is 4. The summed E-state index contributed by atoms with van der Waals surface area (Å²) in [6.45, 7) is 2.75. The molecule has 5 nitrogen and oxygen atoms in total. The molecule has 0 aromatic heterocycles. The molecule has 0 spiro atoms. The SMILES string of the molecule is CC(=O)Nc1ccc(N)cc1O[C@H]1CCOC1. The van der Waals surface area contributed by atoms with Crippen LogP contribution in [0.1, 0.15) is 13.3 Å². The molecule has 92 valence electrons. The minimum absolute atomic E-state index is 0.0318. The van der Waals surface area contributed by atoms with Crippen molar-refractivity contribution < 1.29 is 14.3 Å². The van der Waals surface area contributed by atoms with Crippen LogP contribution in [0.4, 0.5) is 11.4 Å². The molecule has 1 amide bonds. The molecule has 2 rings (SSSR count). The van der Waals surface area contributed by atoms with Gasteiger partial charge in [0.25, 0.3) is 0 Å². The van der Waals surface area contributed by atoms with E-state index < -0.39 is 0 Å². The highest BCUT2D eigenvalue weighted by atomic mass is 16.5. The Hall–Kier alpha value is -1.75. The lowest BCUT2D eigenvalue weighted by atomic mass is 10.2. The predicted molar refractivity (Wildman–Crippen MR) is 65.0 cm³/mol. The summed E-state index contributed by atoms with van der Waals surface area (Å²) in [5.74, 6) is 0.456. The van der Waals surface area contributed by atoms with E-state index in [0.717, 1.165) is 6.42 Å². The molecule has 1 aliphatic rings. The fraction of sp³-hybridized carbons (Fsp3) is 0.417. The molecule has 0 unspecified atom stereocenters. The van der Waals surface area contributed by atoms with Gasteiger partial charge in [0.05, 0.1) is 18.9 Å². The molecule has 3 N–H and O–H groups in total. The van der Waals surface area contributed by atoms with Crippen molar-refractivity contribution in [2.75, 3.05) is 24.3 Å². The van der Waals surface area contributed by atoms with Gasteiger partial charge in [-0.15, -0.1) is 0 Å². The summed E-state index contributed by atoms with van der Waals surface area (Å²) in [4.78, 5) is 11.1. The third kappa shape index (κ3) is 3.10. The average Bonchev–Trinajstić information content (AvgIpc) is 2.74. The Bertz CT molecular complexity index is 414. The summed E-state index contributed by atoms with van der Waals surface area (Å²) in [6, 6.07) is 5.18. The van der Waals surface area contributed by atoms with Gasteiger partial charge >= 0.3 is 0 Å². The number of ether oxygens (including phenoxy) is 2. The van der Waals surface area contributed by atoms with Crippen LogP contribution in [0.25, 0.3) is 0 Å². The minimum atomic E-state index is -0.137. The molecular formula is C12H16N2O3. The van der Waals surface area contributed by atoms with Crippen LogP contribution in [0.15, 0.2) is 18.2 Å². The summed E-state index contributed by atoms with van der Waals surface area (Å²) in [7, 11) is 0. The number of nitrogens with one attached hydrogen (secondary N) is 1. The smallest absolute Gasteiger partial charge is 0.221 e. The Balaban J connectivity index is 2.16. The zero-order valence-electron chi connectivity index (χ0n) is 9.73. The Labute approximate surface area is 99.9 Å². The first-order valence-electron chi connectivity index (χ1n) is 5.56. The number of amides is 1. The number of carbonyl (C=O) groups excluding carboxylic acids is 1. The third-order valence-electron chi connectivity index (χ3n) is 2.50. The van der Waals surface area contributed by atoms with Crippen LogP contribution in [0.5, 0.6) is 5.75 Å². The molecule has 1 aromatic carbocycles. The number of benzene rings is 1. The van der Waals surface area contributed by atoms with E-state index in [0.29, 0.717) is 30.3 Å². The lowest BCUT2D eigenvalue weighted by Gasteiger charge is -2.16. The molecule has 1 fully saturated rings. The first-order chi connectivity index (χ1) is 8.15. The van der Waals surface area contributed by atoms with Crippen molar-refractivity contribution in [1.82, 2.24) is 0 Å². The number of rotatable bonds is 3. The molecular weight excluding hydrogens is 220 g/mol. The molecule has 5 heteroatoms. The highest BCUT2D eigenvalue weighted by Crippen LogP contribution is 2.29. The standard InChI is InChI=1S/C12H16N2O3/c1-8(15)14-11-3-2-9(13)6-12(11)17-10-4-5-16-7-10/h2-3,6,10H,4-5,7,13H2,1H3,(H,14,15)/t10-/m0/s1. The summed E-state index contributed by atoms with van der Waals surface area (Å²) in [5.41, 5.74) is 6.95. The molecule has 1 aliphatic heterocycles. The molecule has 1 saturated heterocycles. The van der Waals surface area contributed by atoms with Gasteiger partial charge < -0.3 is 20.5 Å². The van der Waals surface area contributed by atoms with Gasteiger partial charge in [-0.2, -0.15) is 0 Å². The second kappa shape index (κ2) is 5.05. The van der Waals surface area contributed by atoms with Crippen molar-refractivity contribution in [1.29, 1.82) is 0 Å². The maximum atomic E-state index is 11.1. The number of carbonyl (C=O) groups is 1. The van der Waals surface area contributed by atoms with Crippen LogP contribution in [-0.2, 0) is 9.53 Å². The Kier molecular flexibility index (Phi) is 3.49. The molecule has 0 radical (unpaired) electrons. The fourth-order valence-corrected chi connectivity index (χ4v) is 1.71. The lowest BCUT2D eigenvalue weighted by molar-refractivity contribution is -0.114. The Morgan fingerprint density at radius 2 is 2.41 bits per heavy atom. The van der Waals surface area contributed by atoms with E-state index in [-0.39, 0.29) is 12.0 Å². The molecule has 1 atom stereocenters. The van der Waals surface area contributed by atoms with Crippen LogP contribution in [0, 0.1) is 0 Å². The van der Waals surface area contributed by atoms with Crippen molar-refractivity contribution in [3.8, 4) is 5.75 Å². The van der Waals surface area contributed by atoms with Crippen molar-refractivity contribution >= 4 is 17.3 Å². The molecule has 1 heterocycles. The summed E-state index contributed by atoms with van der Waals surface area (Å²) in [6.07, 6.45) is 0.887. The van der Waals surface area contributed by atoms with E-state index in [2.05, 4.69) is 5.32 Å². The largest absolute Gasteiger partial charge is 0.486 e. The van der Waals surface area contributed by atoms with E-state index in [1.165, 1.54) is 6.92 Å². The lowest BCUT2D eigenvalue weighted by Crippen LogP contribution is -2.17. The number of nitrogen functional groups attached to an aromatic ring is 1. The van der Waals surface area contributed by atoms with Crippen molar-refractivity contribution in [3.05, 3.63) is 18.2 Å². The zero-order chi connectivity index (χ0) is 12.3. The van der Waals surface area contributed by atoms with E-state index in [1.54, 1.807) is 18.2 Å². The van der Waals surface area contributed by atoms with E-state index in [1.807, 2.05) is 0 Å². The second-order valence-corrected chi connectivity index (χ2v) is 4.04. The van der Waals surface area contributed by atoms with E-state index in [9.17, 15) is 4.79 Å². The number of anilines is 2. The molecule has 0 bridgehead atoms. The summed E-state index contributed by atoms with van der Waals surface area (Å²) >= 11 is 0. The van der Waals surface area contributed by atoms with Gasteiger partial charge in [-0.25, -0.2) is 0 Å². The van der Waals surface area contributed by atoms with Crippen molar-refractivity contribution in [2.45, 2.75) is 19.4 Å². The van der Waals surface area contributed by atoms with Crippen molar-refractivity contribution in [2.24, 2.45) is 0 Å². The van der Waals surface area contributed by atoms with Gasteiger partial charge in [-0.1, -0.05) is 0 Å². The molecule has 0 saturated carbocycles. The minimum Gasteiger partial charge on any atom is -0.486 e. The van der Waals surface area contributed by atoms with E-state index >= 15 is 0 Å². The van der Waals surface area contributed by atoms with Crippen LogP contribution >= 0.6 is 0 Å². The Morgan fingerprint density at radius 1 is 1.59 bits per heavy atom. The predicted octanol–water partition coefficient (Wildman–Crippen LogP) is 1.39. The zero-order valence-corrected chi connectivity index (χ0v) is 9.73. The summed E-state index contributed by atoms with van der Waals surface area (Å²) in [5, 5.41) is 2.71. The molecule has 0 aliphatic carbocycles. The summed E-state index contributed by atoms with van der Waals surface area (Å²) < 4.78 is 11.0. The Morgan fingerprint density at radius 3 is 3.06 bits per heavy atom. The monoisotopic (exact) mass is 236 g/mol. The maximum Gasteiger partial charge on any atom is 0.221 e. The number of nitrogens with two attached hydrogens (primary N) is 1. The first-order valence-corrected chi connectivity index (χ1v) is 5.56. The van der Waals surface area contributed by atoms with Crippen LogP contribution < -0.4 is 15.8 Å². The van der Waals surface area contributed by atoms with E-state index in [4.69, 9.17) is 15.2 Å². The molecule has 1 aromatic rings. The van der Waals surface area contributed by atoms with Gasteiger partial charge in [-0.05, 0) is 12.1 Å². The van der Waals surface area contributed by atoms with Gasteiger partial charge in [0.15, 0.2) is 0 Å². The fourth-order valence-electron chi connectivity index (χ4n) is 1.71. The quantitative estimate of drug-likeness (QED) is 0.778. The average molecular weight is 236 g/mol. The number of hydrogen-bond donors (Lipinski definition) is 2. The molecule has 17 heavy (non-hydrogen) atoms. The van der Waals surface area contributed by atoms with Gasteiger partial charge in [0, 0.05) is 25.1 Å². The van der Waals surface area contributed by atoms with Gasteiger partial charge in [0.1, 0.15) is 11.9 Å².